The predicted molar refractivity (Wildman–Crippen MR) is 94.4 cm³/mol. The summed E-state index contributed by atoms with van der Waals surface area (Å²) in [4.78, 5) is 8.19. The van der Waals surface area contributed by atoms with Crippen molar-refractivity contribution in [2.75, 3.05) is 44.3 Å². The molecule has 0 aromatic carbocycles. The molecule has 0 bridgehead atoms. The fourth-order valence-corrected chi connectivity index (χ4v) is 3.41. The van der Waals surface area contributed by atoms with Gasteiger partial charge in [0.2, 0.25) is 0 Å². The molecule has 0 aliphatic carbocycles. The summed E-state index contributed by atoms with van der Waals surface area (Å²) in [5.74, 6) is 0.514. The van der Waals surface area contributed by atoms with Crippen molar-refractivity contribution in [1.29, 1.82) is 0 Å². The van der Waals surface area contributed by atoms with E-state index in [0.29, 0.717) is 51.0 Å². The smallest absolute Gasteiger partial charge is 0.435 e. The molecule has 0 spiro atoms. The highest BCUT2D eigenvalue weighted by molar-refractivity contribution is 5.39. The molecule has 2 aliphatic heterocycles. The molecule has 1 unspecified atom stereocenters. The maximum Gasteiger partial charge on any atom is 0.435 e. The van der Waals surface area contributed by atoms with Gasteiger partial charge < -0.3 is 14.4 Å². The summed E-state index contributed by atoms with van der Waals surface area (Å²) in [6.07, 6.45) is -4.51. The molecule has 156 valence electrons. The Labute approximate surface area is 164 Å². The van der Waals surface area contributed by atoms with E-state index in [4.69, 9.17) is 9.47 Å². The van der Waals surface area contributed by atoms with Crippen LogP contribution in [0, 0.1) is 5.82 Å². The molecule has 2 aliphatic rings. The molecule has 7 nitrogen and oxygen atoms in total. The molecule has 2 aromatic heterocycles. The van der Waals surface area contributed by atoms with Crippen LogP contribution in [0.15, 0.2) is 18.2 Å². The Balaban J connectivity index is 1.42. The van der Waals surface area contributed by atoms with Crippen LogP contribution >= 0.6 is 0 Å². The average molecular weight is 413 g/mol. The van der Waals surface area contributed by atoms with Gasteiger partial charge in [-0.25, -0.2) is 9.37 Å². The van der Waals surface area contributed by atoms with E-state index in [1.165, 1.54) is 12.1 Å². The van der Waals surface area contributed by atoms with Gasteiger partial charge in [-0.2, -0.15) is 13.2 Å². The molecule has 29 heavy (non-hydrogen) atoms. The van der Waals surface area contributed by atoms with Gasteiger partial charge in [-0.1, -0.05) is 0 Å². The molecule has 0 saturated carbocycles. The highest BCUT2D eigenvalue weighted by Gasteiger charge is 2.33. The van der Waals surface area contributed by atoms with Crippen LogP contribution in [-0.2, 0) is 6.18 Å². The number of anilines is 1. The minimum absolute atomic E-state index is 0.275. The molecule has 2 aromatic rings. The van der Waals surface area contributed by atoms with Gasteiger partial charge in [0.05, 0.1) is 11.7 Å². The second-order valence-electron chi connectivity index (χ2n) is 6.83. The fourth-order valence-electron chi connectivity index (χ4n) is 3.41. The lowest BCUT2D eigenvalue weighted by molar-refractivity contribution is -0.141. The highest BCUT2D eigenvalue weighted by atomic mass is 19.4. The number of rotatable bonds is 3. The number of fused-ring (bicyclic) bond motifs is 1. The predicted octanol–water partition coefficient (Wildman–Crippen LogP) is 2.68. The number of aromatic nitrogens is 3. The average Bonchev–Trinajstić information content (AvgIpc) is 2.72. The summed E-state index contributed by atoms with van der Waals surface area (Å²) < 4.78 is 63.2. The zero-order valence-corrected chi connectivity index (χ0v) is 15.6. The first kappa shape index (κ1) is 19.6. The van der Waals surface area contributed by atoms with Gasteiger partial charge in [0, 0.05) is 32.2 Å². The van der Waals surface area contributed by atoms with Crippen LogP contribution in [0.25, 0.3) is 0 Å². The first-order chi connectivity index (χ1) is 13.8. The van der Waals surface area contributed by atoms with Crippen molar-refractivity contribution in [2.45, 2.75) is 19.1 Å². The molecule has 11 heteroatoms. The summed E-state index contributed by atoms with van der Waals surface area (Å²) in [5.41, 5.74) is -0.745. The van der Waals surface area contributed by atoms with Gasteiger partial charge in [0.1, 0.15) is 19.0 Å². The second kappa shape index (κ2) is 7.62. The quantitative estimate of drug-likeness (QED) is 0.717. The van der Waals surface area contributed by atoms with Crippen LogP contribution in [0.1, 0.15) is 24.4 Å². The van der Waals surface area contributed by atoms with Gasteiger partial charge in [0.15, 0.2) is 17.3 Å². The summed E-state index contributed by atoms with van der Waals surface area (Å²) in [5, 5.41) is 6.96. The Bertz CT molecular complexity index is 870. The maximum absolute atomic E-state index is 14.5. The Morgan fingerprint density at radius 2 is 1.76 bits per heavy atom. The Morgan fingerprint density at radius 1 is 1.03 bits per heavy atom. The zero-order valence-electron chi connectivity index (χ0n) is 15.6. The second-order valence-corrected chi connectivity index (χ2v) is 6.83. The van der Waals surface area contributed by atoms with Gasteiger partial charge in [-0.15, -0.1) is 10.2 Å². The monoisotopic (exact) mass is 413 g/mol. The summed E-state index contributed by atoms with van der Waals surface area (Å²) >= 11 is 0. The number of ether oxygens (including phenoxy) is 2. The number of piperazine rings is 1. The first-order valence-corrected chi connectivity index (χ1v) is 9.19. The first-order valence-electron chi connectivity index (χ1n) is 9.19. The zero-order chi connectivity index (χ0) is 20.6. The highest BCUT2D eigenvalue weighted by Crippen LogP contribution is 2.33. The molecule has 4 rings (SSSR count). The number of hydrogen-bond donors (Lipinski definition) is 0. The lowest BCUT2D eigenvalue weighted by Crippen LogP contribution is -2.47. The van der Waals surface area contributed by atoms with E-state index in [1.54, 1.807) is 0 Å². The molecule has 0 N–H and O–H groups in total. The number of halogens is 4. The van der Waals surface area contributed by atoms with E-state index in [9.17, 15) is 17.6 Å². The third kappa shape index (κ3) is 4.04. The number of hydrogen-bond acceptors (Lipinski definition) is 7. The largest absolute Gasteiger partial charge is 0.484 e. The molecular weight excluding hydrogens is 394 g/mol. The minimum atomic E-state index is -4.51. The number of alkyl halides is 3. The van der Waals surface area contributed by atoms with E-state index < -0.39 is 17.7 Å². The van der Waals surface area contributed by atoms with Crippen molar-refractivity contribution in [2.24, 2.45) is 0 Å². The van der Waals surface area contributed by atoms with Crippen LogP contribution in [-0.4, -0.2) is 59.5 Å². The van der Waals surface area contributed by atoms with Crippen molar-refractivity contribution in [3.05, 3.63) is 35.4 Å². The van der Waals surface area contributed by atoms with Gasteiger partial charge >= 0.3 is 6.18 Å². The standard InChI is InChI=1S/C18H19F4N5O2/c1-11(16-12(19)10-13-17(23-16)29-9-8-28-13)26-4-6-27(7-5-26)15-3-2-14(24-25-15)18(20,21)22/h2-3,10-11H,4-9H2,1H3. The lowest BCUT2D eigenvalue weighted by Gasteiger charge is -2.38. The molecule has 4 heterocycles. The third-order valence-corrected chi connectivity index (χ3v) is 5.04. The van der Waals surface area contributed by atoms with Crippen molar-refractivity contribution in [3.8, 4) is 11.6 Å². The summed E-state index contributed by atoms with van der Waals surface area (Å²) in [6.45, 7) is 4.77. The van der Waals surface area contributed by atoms with Crippen LogP contribution in [0.3, 0.4) is 0 Å². The number of nitrogens with zero attached hydrogens (tertiary/aromatic N) is 5. The SMILES string of the molecule is CC(c1nc2c(cc1F)OCCO2)N1CCN(c2ccc(C(F)(F)F)nn2)CC1. The molecule has 0 amide bonds. The van der Waals surface area contributed by atoms with E-state index in [1.807, 2.05) is 11.8 Å². The lowest BCUT2D eigenvalue weighted by atomic mass is 10.1. The van der Waals surface area contributed by atoms with Gasteiger partial charge in [-0.05, 0) is 19.1 Å². The van der Waals surface area contributed by atoms with Crippen molar-refractivity contribution < 1.29 is 27.0 Å². The molecule has 0 radical (unpaired) electrons. The van der Waals surface area contributed by atoms with Gasteiger partial charge in [-0.3, -0.25) is 4.90 Å². The minimum Gasteiger partial charge on any atom is -0.484 e. The van der Waals surface area contributed by atoms with E-state index in [0.717, 1.165) is 6.07 Å². The van der Waals surface area contributed by atoms with E-state index >= 15 is 0 Å². The van der Waals surface area contributed by atoms with Crippen LogP contribution in [0.4, 0.5) is 23.4 Å². The molecule has 1 fully saturated rings. The summed E-state index contributed by atoms with van der Waals surface area (Å²) in [7, 11) is 0. The molecule has 1 atom stereocenters. The van der Waals surface area contributed by atoms with Crippen molar-refractivity contribution in [3.63, 3.8) is 0 Å². The van der Waals surface area contributed by atoms with Crippen molar-refractivity contribution >= 4 is 5.82 Å². The van der Waals surface area contributed by atoms with E-state index in [2.05, 4.69) is 20.1 Å². The summed E-state index contributed by atoms with van der Waals surface area (Å²) in [6, 6.07) is 3.23. The Hall–Kier alpha value is -2.69. The van der Waals surface area contributed by atoms with Crippen LogP contribution < -0.4 is 14.4 Å². The number of pyridine rings is 1. The van der Waals surface area contributed by atoms with E-state index in [-0.39, 0.29) is 17.6 Å². The fraction of sp³-hybridized carbons (Fsp3) is 0.500. The Morgan fingerprint density at radius 3 is 2.41 bits per heavy atom. The normalized spacial score (nSPS) is 18.6. The van der Waals surface area contributed by atoms with Crippen molar-refractivity contribution in [1.82, 2.24) is 20.1 Å². The topological polar surface area (TPSA) is 63.6 Å². The molecular formula is C18H19F4N5O2. The third-order valence-electron chi connectivity index (χ3n) is 5.04. The maximum atomic E-state index is 14.5. The Kier molecular flexibility index (Phi) is 5.15. The van der Waals surface area contributed by atoms with Crippen LogP contribution in [0.2, 0.25) is 0 Å². The van der Waals surface area contributed by atoms with Gasteiger partial charge in [0.25, 0.3) is 5.88 Å². The van der Waals surface area contributed by atoms with Crippen LogP contribution in [0.5, 0.6) is 11.6 Å². The molecule has 1 saturated heterocycles.